The Morgan fingerprint density at radius 2 is 1.97 bits per heavy atom. The lowest BCUT2D eigenvalue weighted by atomic mass is 9.76. The van der Waals surface area contributed by atoms with Crippen molar-refractivity contribution in [3.8, 4) is 22.6 Å². The van der Waals surface area contributed by atoms with Crippen LogP contribution in [0.15, 0.2) is 48.6 Å². The summed E-state index contributed by atoms with van der Waals surface area (Å²) in [6, 6.07) is 10.6. The summed E-state index contributed by atoms with van der Waals surface area (Å²) >= 11 is 0. The molecule has 1 aliphatic carbocycles. The smallest absolute Gasteiger partial charge is 0.131 e. The zero-order chi connectivity index (χ0) is 20.2. The van der Waals surface area contributed by atoms with Crippen LogP contribution in [-0.4, -0.2) is 12.6 Å². The summed E-state index contributed by atoms with van der Waals surface area (Å²) in [5, 5.41) is 3.72. The van der Waals surface area contributed by atoms with Crippen LogP contribution in [0.25, 0.3) is 16.7 Å². The number of fused-ring (bicyclic) bond motifs is 5. The van der Waals surface area contributed by atoms with Gasteiger partial charge in [0.1, 0.15) is 17.6 Å². The predicted molar refractivity (Wildman–Crippen MR) is 120 cm³/mol. The largest absolute Gasteiger partial charge is 0.496 e. The fourth-order valence-electron chi connectivity index (χ4n) is 5.32. The summed E-state index contributed by atoms with van der Waals surface area (Å²) in [7, 11) is 1.74. The van der Waals surface area contributed by atoms with Crippen molar-refractivity contribution in [2.24, 2.45) is 5.92 Å². The van der Waals surface area contributed by atoms with E-state index < -0.39 is 0 Å². The fourth-order valence-corrected chi connectivity index (χ4v) is 5.32. The molecule has 2 atom stereocenters. The third kappa shape index (κ3) is 2.95. The first-order valence-corrected chi connectivity index (χ1v) is 10.6. The molecule has 1 N–H and O–H groups in total. The molecule has 2 heterocycles. The molecular formula is C26H29NO2. The SMILES string of the molecule is COc1cccc2c1-c1ccc3c(c1C(C1CC=CCC1)O2)C(C)=CC(C)(C)N3. The molecule has 0 saturated heterocycles. The van der Waals surface area contributed by atoms with Crippen molar-refractivity contribution in [3.63, 3.8) is 0 Å². The van der Waals surface area contributed by atoms with Crippen LogP contribution in [-0.2, 0) is 0 Å². The third-order valence-corrected chi connectivity index (χ3v) is 6.43. The van der Waals surface area contributed by atoms with E-state index in [1.54, 1.807) is 7.11 Å². The van der Waals surface area contributed by atoms with Crippen molar-refractivity contribution in [2.75, 3.05) is 12.4 Å². The van der Waals surface area contributed by atoms with Crippen molar-refractivity contribution in [3.05, 3.63) is 59.7 Å². The van der Waals surface area contributed by atoms with Crippen LogP contribution in [0.5, 0.6) is 11.5 Å². The molecule has 3 heteroatoms. The predicted octanol–water partition coefficient (Wildman–Crippen LogP) is 6.76. The average Bonchev–Trinajstić information content (AvgIpc) is 2.71. The van der Waals surface area contributed by atoms with E-state index in [0.29, 0.717) is 5.92 Å². The van der Waals surface area contributed by atoms with Crippen molar-refractivity contribution < 1.29 is 9.47 Å². The van der Waals surface area contributed by atoms with E-state index in [0.717, 1.165) is 36.3 Å². The van der Waals surface area contributed by atoms with Gasteiger partial charge in [-0.1, -0.05) is 30.4 Å². The van der Waals surface area contributed by atoms with E-state index in [2.05, 4.69) is 62.5 Å². The quantitative estimate of drug-likeness (QED) is 0.578. The molecule has 5 rings (SSSR count). The Kier molecular flexibility index (Phi) is 4.23. The lowest BCUT2D eigenvalue weighted by Crippen LogP contribution is -2.33. The number of ether oxygens (including phenoxy) is 2. The maximum Gasteiger partial charge on any atom is 0.131 e. The minimum atomic E-state index is -0.0560. The number of anilines is 1. The molecule has 0 spiro atoms. The Balaban J connectivity index is 1.77. The summed E-state index contributed by atoms with van der Waals surface area (Å²) in [6.07, 6.45) is 10.4. The number of rotatable bonds is 2. The second kappa shape index (κ2) is 6.69. The highest BCUT2D eigenvalue weighted by molar-refractivity contribution is 5.91. The molecule has 0 bridgehead atoms. The van der Waals surface area contributed by atoms with E-state index in [4.69, 9.17) is 9.47 Å². The topological polar surface area (TPSA) is 30.5 Å². The number of benzene rings is 2. The van der Waals surface area contributed by atoms with E-state index >= 15 is 0 Å². The summed E-state index contributed by atoms with van der Waals surface area (Å²) in [4.78, 5) is 0. The van der Waals surface area contributed by atoms with Crippen LogP contribution in [0.3, 0.4) is 0 Å². The fraction of sp³-hybridized carbons (Fsp3) is 0.385. The minimum absolute atomic E-state index is 0.0517. The first kappa shape index (κ1) is 18.4. The van der Waals surface area contributed by atoms with Gasteiger partial charge in [-0.15, -0.1) is 0 Å². The zero-order valence-electron chi connectivity index (χ0n) is 17.7. The monoisotopic (exact) mass is 387 g/mol. The molecule has 2 unspecified atom stereocenters. The second-order valence-electron chi connectivity index (χ2n) is 9.04. The van der Waals surface area contributed by atoms with Gasteiger partial charge in [-0.3, -0.25) is 0 Å². The molecule has 0 aromatic heterocycles. The number of methoxy groups -OCH3 is 1. The molecule has 0 radical (unpaired) electrons. The van der Waals surface area contributed by atoms with E-state index in [1.165, 1.54) is 28.0 Å². The average molecular weight is 388 g/mol. The van der Waals surface area contributed by atoms with Gasteiger partial charge in [-0.05, 0) is 69.4 Å². The summed E-state index contributed by atoms with van der Waals surface area (Å²) < 4.78 is 12.5. The Morgan fingerprint density at radius 1 is 1.10 bits per heavy atom. The van der Waals surface area contributed by atoms with E-state index in [1.807, 2.05) is 12.1 Å². The van der Waals surface area contributed by atoms with Crippen LogP contribution in [0.4, 0.5) is 5.69 Å². The van der Waals surface area contributed by atoms with Crippen molar-refractivity contribution in [1.82, 2.24) is 0 Å². The summed E-state index contributed by atoms with van der Waals surface area (Å²) in [6.45, 7) is 6.67. The summed E-state index contributed by atoms with van der Waals surface area (Å²) in [5.41, 5.74) is 7.41. The third-order valence-electron chi connectivity index (χ3n) is 6.43. The van der Waals surface area contributed by atoms with Crippen molar-refractivity contribution >= 4 is 11.3 Å². The first-order chi connectivity index (χ1) is 14.0. The molecule has 3 aliphatic rings. The molecule has 3 nitrogen and oxygen atoms in total. The maximum absolute atomic E-state index is 6.74. The standard InChI is InChI=1S/C26H29NO2/c1-16-15-26(2,3)27-19-14-13-18-23-20(28-4)11-8-12-21(23)29-25(24(18)22(16)19)17-9-6-5-7-10-17/h5-6,8,11-15,17,25,27H,7,9-10H2,1-4H3. The van der Waals surface area contributed by atoms with Crippen LogP contribution in [0.2, 0.25) is 0 Å². The molecule has 0 amide bonds. The van der Waals surface area contributed by atoms with Crippen LogP contribution in [0, 0.1) is 5.92 Å². The lowest BCUT2D eigenvalue weighted by molar-refractivity contribution is 0.124. The Hall–Kier alpha value is -2.68. The van der Waals surface area contributed by atoms with Crippen LogP contribution >= 0.6 is 0 Å². The van der Waals surface area contributed by atoms with Crippen molar-refractivity contribution in [2.45, 2.75) is 51.7 Å². The molecule has 150 valence electrons. The molecule has 29 heavy (non-hydrogen) atoms. The van der Waals surface area contributed by atoms with Gasteiger partial charge in [-0.2, -0.15) is 0 Å². The van der Waals surface area contributed by atoms with Crippen LogP contribution < -0.4 is 14.8 Å². The lowest BCUT2D eigenvalue weighted by Gasteiger charge is -2.40. The second-order valence-corrected chi connectivity index (χ2v) is 9.04. The number of hydrogen-bond acceptors (Lipinski definition) is 3. The minimum Gasteiger partial charge on any atom is -0.496 e. The zero-order valence-corrected chi connectivity index (χ0v) is 17.7. The molecular weight excluding hydrogens is 358 g/mol. The molecule has 0 saturated carbocycles. The number of allylic oxidation sites excluding steroid dienone is 3. The van der Waals surface area contributed by atoms with Gasteiger partial charge in [0.25, 0.3) is 0 Å². The van der Waals surface area contributed by atoms with Gasteiger partial charge in [0.05, 0.1) is 18.2 Å². The Bertz CT molecular complexity index is 1030. The highest BCUT2D eigenvalue weighted by Crippen LogP contribution is 2.54. The van der Waals surface area contributed by atoms with Crippen LogP contribution in [0.1, 0.15) is 57.3 Å². The van der Waals surface area contributed by atoms with E-state index in [-0.39, 0.29) is 11.6 Å². The molecule has 2 aromatic rings. The van der Waals surface area contributed by atoms with Gasteiger partial charge >= 0.3 is 0 Å². The van der Waals surface area contributed by atoms with Gasteiger partial charge < -0.3 is 14.8 Å². The highest BCUT2D eigenvalue weighted by Gasteiger charge is 2.38. The Morgan fingerprint density at radius 3 is 2.72 bits per heavy atom. The number of hydrogen-bond donors (Lipinski definition) is 1. The summed E-state index contributed by atoms with van der Waals surface area (Å²) in [5.74, 6) is 2.28. The molecule has 0 fully saturated rings. The van der Waals surface area contributed by atoms with Gasteiger partial charge in [0.2, 0.25) is 0 Å². The van der Waals surface area contributed by atoms with Gasteiger partial charge in [0.15, 0.2) is 0 Å². The molecule has 2 aromatic carbocycles. The Labute approximate surface area is 173 Å². The number of nitrogens with one attached hydrogen (secondary N) is 1. The molecule has 2 aliphatic heterocycles. The maximum atomic E-state index is 6.74. The highest BCUT2D eigenvalue weighted by atomic mass is 16.5. The normalized spacial score (nSPS) is 23.7. The van der Waals surface area contributed by atoms with Gasteiger partial charge in [0, 0.05) is 22.7 Å². The first-order valence-electron chi connectivity index (χ1n) is 10.6. The van der Waals surface area contributed by atoms with Crippen molar-refractivity contribution in [1.29, 1.82) is 0 Å². The van der Waals surface area contributed by atoms with E-state index in [9.17, 15) is 0 Å². The van der Waals surface area contributed by atoms with Gasteiger partial charge in [-0.25, -0.2) is 0 Å².